The van der Waals surface area contributed by atoms with Gasteiger partial charge in [0.25, 0.3) is 5.91 Å². The van der Waals surface area contributed by atoms with Crippen LogP contribution in [-0.4, -0.2) is 32.0 Å². The molecule has 1 heterocycles. The average Bonchev–Trinajstić information content (AvgIpc) is 2.96. The van der Waals surface area contributed by atoms with Crippen molar-refractivity contribution in [3.63, 3.8) is 0 Å². The first-order valence-corrected chi connectivity index (χ1v) is 9.13. The molecule has 1 N–H and O–H groups in total. The van der Waals surface area contributed by atoms with Gasteiger partial charge in [0.15, 0.2) is 23.9 Å². The maximum atomic E-state index is 12.3. The van der Waals surface area contributed by atoms with Crippen molar-refractivity contribution in [1.29, 1.82) is 0 Å². The summed E-state index contributed by atoms with van der Waals surface area (Å²) >= 11 is 1.61. The zero-order chi connectivity index (χ0) is 19.1. The highest BCUT2D eigenvalue weighted by Crippen LogP contribution is 2.29. The van der Waals surface area contributed by atoms with Crippen LogP contribution in [0.25, 0.3) is 6.08 Å². The fourth-order valence-electron chi connectivity index (χ4n) is 2.44. The summed E-state index contributed by atoms with van der Waals surface area (Å²) in [6.07, 6.45) is 3.29. The van der Waals surface area contributed by atoms with Gasteiger partial charge in [0.1, 0.15) is 0 Å². The predicted octanol–water partition coefficient (Wildman–Crippen LogP) is 3.78. The highest BCUT2D eigenvalue weighted by atomic mass is 32.1. The molecule has 26 heavy (non-hydrogen) atoms. The van der Waals surface area contributed by atoms with E-state index in [4.69, 9.17) is 9.47 Å². The van der Waals surface area contributed by atoms with Crippen LogP contribution in [0.15, 0.2) is 30.3 Å². The molecule has 6 heteroatoms. The number of methoxy groups -OCH3 is 1. The van der Waals surface area contributed by atoms with Gasteiger partial charge in [-0.3, -0.25) is 9.59 Å². The second-order valence-electron chi connectivity index (χ2n) is 5.68. The smallest absolute Gasteiger partial charge is 0.257 e. The molecule has 0 bridgehead atoms. The molecule has 0 spiro atoms. The molecule has 0 atom stereocenters. The lowest BCUT2D eigenvalue weighted by Crippen LogP contribution is -2.28. The van der Waals surface area contributed by atoms with E-state index in [1.807, 2.05) is 32.9 Å². The Hall–Kier alpha value is -2.60. The van der Waals surface area contributed by atoms with E-state index in [1.165, 1.54) is 7.11 Å². The lowest BCUT2D eigenvalue weighted by molar-refractivity contribution is -0.123. The quantitative estimate of drug-likeness (QED) is 0.565. The number of amides is 1. The number of likely N-dealkylation sites (N-methyl/N-ethyl adjacent to an activating group) is 1. The van der Waals surface area contributed by atoms with Gasteiger partial charge in [-0.25, -0.2) is 0 Å². The van der Waals surface area contributed by atoms with Crippen LogP contribution in [0, 0.1) is 13.8 Å². The average molecular weight is 373 g/mol. The van der Waals surface area contributed by atoms with Crippen molar-refractivity contribution in [2.24, 2.45) is 0 Å². The van der Waals surface area contributed by atoms with Crippen molar-refractivity contribution in [2.45, 2.75) is 20.8 Å². The lowest BCUT2D eigenvalue weighted by Gasteiger charge is -2.11. The minimum atomic E-state index is -0.189. The van der Waals surface area contributed by atoms with Gasteiger partial charge in [0, 0.05) is 21.9 Å². The second kappa shape index (κ2) is 9.20. The molecule has 1 aromatic heterocycles. The highest BCUT2D eigenvalue weighted by molar-refractivity contribution is 7.12. The fourth-order valence-corrected chi connectivity index (χ4v) is 3.36. The molecule has 2 rings (SSSR count). The number of rotatable bonds is 8. The number of ketones is 1. The molecular weight excluding hydrogens is 350 g/mol. The third kappa shape index (κ3) is 5.20. The standard InChI is InChI=1S/C20H23NO4S/c1-5-21-20(23)12-25-18-9-7-15(11-19(18)24-4)6-8-17(22)16-10-13(2)26-14(16)3/h6-11H,5,12H2,1-4H3,(H,21,23)/b8-6+. The molecule has 1 aromatic carbocycles. The Morgan fingerprint density at radius 1 is 1.19 bits per heavy atom. The third-order valence-electron chi connectivity index (χ3n) is 3.65. The van der Waals surface area contributed by atoms with Crippen molar-refractivity contribution < 1.29 is 19.1 Å². The van der Waals surface area contributed by atoms with Crippen LogP contribution in [-0.2, 0) is 4.79 Å². The first kappa shape index (κ1) is 19.7. The van der Waals surface area contributed by atoms with E-state index in [9.17, 15) is 9.59 Å². The molecule has 5 nitrogen and oxygen atoms in total. The van der Waals surface area contributed by atoms with E-state index in [0.717, 1.165) is 20.9 Å². The number of hydrogen-bond acceptors (Lipinski definition) is 5. The minimum Gasteiger partial charge on any atom is -0.493 e. The zero-order valence-corrected chi connectivity index (χ0v) is 16.2. The SMILES string of the molecule is CCNC(=O)COc1ccc(/C=C/C(=O)c2cc(C)sc2C)cc1OC. The van der Waals surface area contributed by atoms with Crippen LogP contribution in [0.2, 0.25) is 0 Å². The summed E-state index contributed by atoms with van der Waals surface area (Å²) in [5, 5.41) is 2.67. The lowest BCUT2D eigenvalue weighted by atomic mass is 10.1. The topological polar surface area (TPSA) is 64.6 Å². The van der Waals surface area contributed by atoms with Crippen molar-refractivity contribution in [1.82, 2.24) is 5.32 Å². The number of ether oxygens (including phenoxy) is 2. The monoisotopic (exact) mass is 373 g/mol. The molecule has 0 aliphatic heterocycles. The highest BCUT2D eigenvalue weighted by Gasteiger charge is 2.10. The van der Waals surface area contributed by atoms with E-state index < -0.39 is 0 Å². The number of nitrogens with one attached hydrogen (secondary N) is 1. The molecular formula is C20H23NO4S. The maximum Gasteiger partial charge on any atom is 0.257 e. The van der Waals surface area contributed by atoms with Gasteiger partial charge in [0.05, 0.1) is 7.11 Å². The Kier molecular flexibility index (Phi) is 6.97. The van der Waals surface area contributed by atoms with Crippen LogP contribution in [0.4, 0.5) is 0 Å². The summed E-state index contributed by atoms with van der Waals surface area (Å²) < 4.78 is 10.8. The minimum absolute atomic E-state index is 0.0256. The predicted molar refractivity (Wildman–Crippen MR) is 104 cm³/mol. The van der Waals surface area contributed by atoms with Gasteiger partial charge >= 0.3 is 0 Å². The van der Waals surface area contributed by atoms with E-state index in [0.29, 0.717) is 18.0 Å². The summed E-state index contributed by atoms with van der Waals surface area (Å²) in [6, 6.07) is 7.21. The van der Waals surface area contributed by atoms with Gasteiger partial charge in [0.2, 0.25) is 0 Å². The van der Waals surface area contributed by atoms with E-state index >= 15 is 0 Å². The Balaban J connectivity index is 2.09. The summed E-state index contributed by atoms with van der Waals surface area (Å²) in [4.78, 5) is 26.0. The first-order chi connectivity index (χ1) is 12.4. The molecule has 2 aromatic rings. The van der Waals surface area contributed by atoms with Crippen molar-refractivity contribution in [3.05, 3.63) is 51.2 Å². The van der Waals surface area contributed by atoms with Gasteiger partial charge in [-0.1, -0.05) is 12.1 Å². The van der Waals surface area contributed by atoms with Gasteiger partial charge in [-0.05, 0) is 50.6 Å². The Labute approximate surface area is 157 Å². The van der Waals surface area contributed by atoms with Crippen LogP contribution < -0.4 is 14.8 Å². The maximum absolute atomic E-state index is 12.3. The third-order valence-corrected chi connectivity index (χ3v) is 4.62. The molecule has 0 aliphatic rings. The summed E-state index contributed by atoms with van der Waals surface area (Å²) in [5.74, 6) is 0.769. The number of allylic oxidation sites excluding steroid dienone is 1. The number of hydrogen-bond donors (Lipinski definition) is 1. The van der Waals surface area contributed by atoms with E-state index in [-0.39, 0.29) is 18.3 Å². The molecule has 1 amide bonds. The van der Waals surface area contributed by atoms with E-state index in [2.05, 4.69) is 5.32 Å². The van der Waals surface area contributed by atoms with Crippen LogP contribution >= 0.6 is 11.3 Å². The number of thiophene rings is 1. The second-order valence-corrected chi connectivity index (χ2v) is 7.14. The largest absolute Gasteiger partial charge is 0.493 e. The normalized spacial score (nSPS) is 10.8. The van der Waals surface area contributed by atoms with Crippen LogP contribution in [0.1, 0.15) is 32.6 Å². The summed E-state index contributed by atoms with van der Waals surface area (Å²) in [5.41, 5.74) is 1.54. The molecule has 0 aliphatic carbocycles. The van der Waals surface area contributed by atoms with Gasteiger partial charge in [-0.2, -0.15) is 0 Å². The summed E-state index contributed by atoms with van der Waals surface area (Å²) in [6.45, 7) is 6.26. The van der Waals surface area contributed by atoms with Crippen molar-refractivity contribution in [3.8, 4) is 11.5 Å². The van der Waals surface area contributed by atoms with Crippen LogP contribution in [0.3, 0.4) is 0 Å². The fraction of sp³-hybridized carbons (Fsp3) is 0.300. The molecule has 0 unspecified atom stereocenters. The van der Waals surface area contributed by atoms with E-state index in [1.54, 1.807) is 35.6 Å². The number of benzene rings is 1. The van der Waals surface area contributed by atoms with Gasteiger partial charge in [-0.15, -0.1) is 11.3 Å². The molecule has 0 saturated heterocycles. The zero-order valence-electron chi connectivity index (χ0n) is 15.4. The number of carbonyl (C=O) groups excluding carboxylic acids is 2. The molecule has 0 fully saturated rings. The Morgan fingerprint density at radius 3 is 2.58 bits per heavy atom. The first-order valence-electron chi connectivity index (χ1n) is 8.31. The number of carbonyl (C=O) groups is 2. The van der Waals surface area contributed by atoms with Crippen LogP contribution in [0.5, 0.6) is 11.5 Å². The molecule has 138 valence electrons. The molecule has 0 saturated carbocycles. The Morgan fingerprint density at radius 2 is 1.96 bits per heavy atom. The van der Waals surface area contributed by atoms with Gasteiger partial charge < -0.3 is 14.8 Å². The molecule has 0 radical (unpaired) electrons. The summed E-state index contributed by atoms with van der Waals surface area (Å²) in [7, 11) is 1.53. The number of aryl methyl sites for hydroxylation is 2. The Bertz CT molecular complexity index is 823. The van der Waals surface area contributed by atoms with Crippen molar-refractivity contribution >= 4 is 29.1 Å². The van der Waals surface area contributed by atoms with Crippen molar-refractivity contribution in [2.75, 3.05) is 20.3 Å².